The van der Waals surface area contributed by atoms with Crippen LogP contribution in [0.4, 0.5) is 18.9 Å². The maximum atomic E-state index is 13.5. The molecule has 0 atom stereocenters. The molecule has 1 rings (SSSR count). The normalized spacial score (nSPS) is 13.0. The van der Waals surface area contributed by atoms with Crippen LogP contribution in [0.2, 0.25) is 0 Å². The highest BCUT2D eigenvalue weighted by molar-refractivity contribution is 7.90. The SMILES string of the molecule is CCCCCCCCCCNS(=O)(=O)c1cc(S(=O)(=O)N=CN(C)C)c(C(F)(F)F)cc1N. The van der Waals surface area contributed by atoms with E-state index in [0.29, 0.717) is 18.6 Å². The van der Waals surface area contributed by atoms with Gasteiger partial charge in [0.05, 0.1) is 11.3 Å². The molecule has 33 heavy (non-hydrogen) atoms. The van der Waals surface area contributed by atoms with Gasteiger partial charge in [0.1, 0.15) is 16.1 Å². The minimum atomic E-state index is -5.09. The van der Waals surface area contributed by atoms with Crippen LogP contribution in [0.15, 0.2) is 26.3 Å². The maximum Gasteiger partial charge on any atom is 0.417 e. The first-order valence-electron chi connectivity index (χ1n) is 10.7. The van der Waals surface area contributed by atoms with Crippen LogP contribution in [-0.2, 0) is 26.2 Å². The summed E-state index contributed by atoms with van der Waals surface area (Å²) in [6.45, 7) is 2.18. The first-order chi connectivity index (χ1) is 15.2. The van der Waals surface area contributed by atoms with Gasteiger partial charge in [0.2, 0.25) is 10.0 Å². The average molecular weight is 515 g/mol. The molecule has 0 saturated carbocycles. The van der Waals surface area contributed by atoms with E-state index in [-0.39, 0.29) is 6.54 Å². The van der Waals surface area contributed by atoms with Gasteiger partial charge in [-0.1, -0.05) is 51.9 Å². The third-order valence-electron chi connectivity index (χ3n) is 4.72. The fourth-order valence-electron chi connectivity index (χ4n) is 3.00. The Morgan fingerprint density at radius 3 is 2.03 bits per heavy atom. The van der Waals surface area contributed by atoms with Gasteiger partial charge in [-0.15, -0.1) is 4.40 Å². The van der Waals surface area contributed by atoms with Crippen molar-refractivity contribution in [2.75, 3.05) is 26.4 Å². The molecule has 1 aromatic carbocycles. The van der Waals surface area contributed by atoms with E-state index in [9.17, 15) is 30.0 Å². The van der Waals surface area contributed by atoms with Gasteiger partial charge in [0.15, 0.2) is 0 Å². The van der Waals surface area contributed by atoms with Crippen molar-refractivity contribution >= 4 is 32.1 Å². The minimum absolute atomic E-state index is 0.0542. The van der Waals surface area contributed by atoms with Gasteiger partial charge in [-0.2, -0.15) is 21.6 Å². The largest absolute Gasteiger partial charge is 0.417 e. The van der Waals surface area contributed by atoms with Gasteiger partial charge in [-0.25, -0.2) is 13.1 Å². The monoisotopic (exact) mass is 514 g/mol. The van der Waals surface area contributed by atoms with E-state index in [4.69, 9.17) is 5.73 Å². The van der Waals surface area contributed by atoms with Crippen LogP contribution in [0.1, 0.15) is 63.9 Å². The lowest BCUT2D eigenvalue weighted by atomic mass is 10.1. The number of nitrogens with one attached hydrogen (secondary N) is 1. The topological polar surface area (TPSA) is 122 Å². The van der Waals surface area contributed by atoms with E-state index in [1.807, 2.05) is 0 Å². The molecule has 0 heterocycles. The van der Waals surface area contributed by atoms with Gasteiger partial charge in [0.25, 0.3) is 10.0 Å². The van der Waals surface area contributed by atoms with Crippen LogP contribution in [0, 0.1) is 0 Å². The molecule has 0 spiro atoms. The molecular weight excluding hydrogens is 481 g/mol. The summed E-state index contributed by atoms with van der Waals surface area (Å²) in [5.74, 6) is 0. The van der Waals surface area contributed by atoms with Gasteiger partial charge >= 0.3 is 6.18 Å². The zero-order chi connectivity index (χ0) is 25.3. The number of nitrogen functional groups attached to an aromatic ring is 1. The van der Waals surface area contributed by atoms with Crippen molar-refractivity contribution in [1.29, 1.82) is 0 Å². The quantitative estimate of drug-likeness (QED) is 0.168. The average Bonchev–Trinajstić information content (AvgIpc) is 2.70. The molecule has 0 amide bonds. The van der Waals surface area contributed by atoms with E-state index >= 15 is 0 Å². The second kappa shape index (κ2) is 12.6. The standard InChI is InChI=1S/C20H33F3N4O4S2/c1-4-5-6-7-8-9-10-11-12-25-33(30,31)19-14-18(32(28,29)26-15-27(2)3)16(13-17(19)24)20(21,22)23/h13-15,25H,4-12,24H2,1-3H3. The molecule has 0 aliphatic carbocycles. The zero-order valence-corrected chi connectivity index (χ0v) is 20.8. The third kappa shape index (κ3) is 9.49. The Labute approximate surface area is 194 Å². The van der Waals surface area contributed by atoms with Crippen molar-refractivity contribution in [2.24, 2.45) is 4.40 Å². The summed E-state index contributed by atoms with van der Waals surface area (Å²) in [6.07, 6.45) is 3.66. The summed E-state index contributed by atoms with van der Waals surface area (Å²) < 4.78 is 96.0. The molecule has 0 aromatic heterocycles. The van der Waals surface area contributed by atoms with Gasteiger partial charge in [-0.05, 0) is 18.6 Å². The third-order valence-corrected chi connectivity index (χ3v) is 7.51. The first-order valence-corrected chi connectivity index (χ1v) is 13.6. The molecule has 1 aromatic rings. The Bertz CT molecular complexity index is 1010. The number of sulfonamides is 2. The molecule has 0 saturated heterocycles. The second-order valence-electron chi connectivity index (χ2n) is 7.92. The number of hydrogen-bond donors (Lipinski definition) is 2. The molecule has 13 heteroatoms. The highest BCUT2D eigenvalue weighted by atomic mass is 32.2. The lowest BCUT2D eigenvalue weighted by Gasteiger charge is -2.16. The summed E-state index contributed by atoms with van der Waals surface area (Å²) in [4.78, 5) is -0.811. The number of benzene rings is 1. The number of halogens is 3. The number of unbranched alkanes of at least 4 members (excludes halogenated alkanes) is 7. The lowest BCUT2D eigenvalue weighted by Crippen LogP contribution is -2.26. The van der Waals surface area contributed by atoms with Gasteiger partial charge in [-0.3, -0.25) is 0 Å². The van der Waals surface area contributed by atoms with E-state index in [0.717, 1.165) is 38.4 Å². The summed E-state index contributed by atoms with van der Waals surface area (Å²) in [6, 6.07) is 0.722. The maximum absolute atomic E-state index is 13.5. The van der Waals surface area contributed by atoms with E-state index in [2.05, 4.69) is 16.0 Å². The Balaban J connectivity index is 3.06. The van der Waals surface area contributed by atoms with Crippen molar-refractivity contribution in [2.45, 2.75) is 74.3 Å². The molecule has 0 aliphatic rings. The van der Waals surface area contributed by atoms with Crippen molar-refractivity contribution in [3.63, 3.8) is 0 Å². The molecular formula is C20H33F3N4O4S2. The van der Waals surface area contributed by atoms with Crippen LogP contribution in [0.25, 0.3) is 0 Å². The first kappa shape index (κ1) is 29.2. The van der Waals surface area contributed by atoms with E-state index < -0.39 is 47.3 Å². The summed E-state index contributed by atoms with van der Waals surface area (Å²) >= 11 is 0. The molecule has 0 radical (unpaired) electrons. The molecule has 0 fully saturated rings. The number of rotatable bonds is 14. The zero-order valence-electron chi connectivity index (χ0n) is 19.2. The molecule has 0 unspecified atom stereocenters. The summed E-state index contributed by atoms with van der Waals surface area (Å²) in [5, 5.41) is 0. The van der Waals surface area contributed by atoms with E-state index in [1.165, 1.54) is 31.8 Å². The summed E-state index contributed by atoms with van der Waals surface area (Å²) in [5.41, 5.74) is 3.30. The van der Waals surface area contributed by atoms with Gasteiger partial charge < -0.3 is 10.6 Å². The highest BCUT2D eigenvalue weighted by Crippen LogP contribution is 2.38. The minimum Gasteiger partial charge on any atom is -0.398 e. The molecule has 0 bridgehead atoms. The molecule has 8 nitrogen and oxygen atoms in total. The number of nitrogens with zero attached hydrogens (tertiary/aromatic N) is 2. The molecule has 3 N–H and O–H groups in total. The Kier molecular flexibility index (Phi) is 11.1. The molecule has 0 aliphatic heterocycles. The Morgan fingerprint density at radius 2 is 1.52 bits per heavy atom. The van der Waals surface area contributed by atoms with Crippen LogP contribution in [0.3, 0.4) is 0 Å². The predicted octanol–water partition coefficient (Wildman–Crippen LogP) is 3.99. The van der Waals surface area contributed by atoms with Crippen molar-refractivity contribution < 1.29 is 30.0 Å². The summed E-state index contributed by atoms with van der Waals surface area (Å²) in [7, 11) is -6.34. The van der Waals surface area contributed by atoms with Crippen LogP contribution >= 0.6 is 0 Å². The van der Waals surface area contributed by atoms with E-state index in [1.54, 1.807) is 0 Å². The second-order valence-corrected chi connectivity index (χ2v) is 11.3. The van der Waals surface area contributed by atoms with Gasteiger partial charge in [0, 0.05) is 20.6 Å². The lowest BCUT2D eigenvalue weighted by molar-refractivity contribution is -0.139. The van der Waals surface area contributed by atoms with Crippen LogP contribution in [-0.4, -0.2) is 48.7 Å². The highest BCUT2D eigenvalue weighted by Gasteiger charge is 2.39. The van der Waals surface area contributed by atoms with Crippen molar-refractivity contribution in [3.05, 3.63) is 17.7 Å². The smallest absolute Gasteiger partial charge is 0.398 e. The number of nitrogens with two attached hydrogens (primary N) is 1. The Hall–Kier alpha value is -1.86. The number of alkyl halides is 3. The molecule has 190 valence electrons. The fourth-order valence-corrected chi connectivity index (χ4v) is 5.43. The van der Waals surface area contributed by atoms with Crippen molar-refractivity contribution in [1.82, 2.24) is 9.62 Å². The van der Waals surface area contributed by atoms with Crippen LogP contribution < -0.4 is 10.5 Å². The fraction of sp³-hybridized carbons (Fsp3) is 0.650. The number of hydrogen-bond acceptors (Lipinski definition) is 5. The number of anilines is 1. The van der Waals surface area contributed by atoms with Crippen LogP contribution in [0.5, 0.6) is 0 Å². The van der Waals surface area contributed by atoms with Crippen molar-refractivity contribution in [3.8, 4) is 0 Å². The Morgan fingerprint density at radius 1 is 0.970 bits per heavy atom. The predicted molar refractivity (Wildman–Crippen MR) is 123 cm³/mol.